The number of nitrogens with zero attached hydrogens (tertiary/aromatic N) is 3. The maximum atomic E-state index is 5.90. The highest BCUT2D eigenvalue weighted by Gasteiger charge is 2.11. The van der Waals surface area contributed by atoms with Gasteiger partial charge in [0.25, 0.3) is 0 Å². The molecule has 0 atom stereocenters. The summed E-state index contributed by atoms with van der Waals surface area (Å²) in [5.41, 5.74) is 8.12. The van der Waals surface area contributed by atoms with E-state index in [1.807, 2.05) is 18.2 Å². The van der Waals surface area contributed by atoms with Crippen molar-refractivity contribution in [2.45, 2.75) is 19.9 Å². The minimum absolute atomic E-state index is 0.674. The van der Waals surface area contributed by atoms with E-state index < -0.39 is 0 Å². The van der Waals surface area contributed by atoms with E-state index >= 15 is 0 Å². The van der Waals surface area contributed by atoms with E-state index in [-0.39, 0.29) is 0 Å². The molecule has 0 saturated heterocycles. The van der Waals surface area contributed by atoms with Gasteiger partial charge in [0.15, 0.2) is 5.58 Å². The van der Waals surface area contributed by atoms with Crippen LogP contribution >= 0.6 is 0 Å². The number of fused-ring (bicyclic) bond motifs is 1. The van der Waals surface area contributed by atoms with Crippen molar-refractivity contribution in [2.24, 2.45) is 0 Å². The van der Waals surface area contributed by atoms with E-state index in [0.717, 1.165) is 49.6 Å². The zero-order valence-corrected chi connectivity index (χ0v) is 12.6. The van der Waals surface area contributed by atoms with Crippen LogP contribution in [0.2, 0.25) is 0 Å². The molecule has 1 heterocycles. The first-order valence-electron chi connectivity index (χ1n) is 7.11. The van der Waals surface area contributed by atoms with Crippen molar-refractivity contribution in [3.63, 3.8) is 0 Å². The number of hydrogen-bond acceptors (Lipinski definition) is 5. The van der Waals surface area contributed by atoms with Gasteiger partial charge in [-0.25, -0.2) is 4.98 Å². The number of para-hydroxylation sites is 1. The van der Waals surface area contributed by atoms with Crippen LogP contribution in [0.15, 0.2) is 22.6 Å². The molecule has 0 amide bonds. The van der Waals surface area contributed by atoms with Gasteiger partial charge < -0.3 is 15.1 Å². The summed E-state index contributed by atoms with van der Waals surface area (Å²) in [6, 6.07) is 5.65. The number of nitrogens with two attached hydrogens (primary N) is 1. The number of aromatic nitrogens is 1. The monoisotopic (exact) mass is 276 g/mol. The third kappa shape index (κ3) is 3.71. The smallest absolute Gasteiger partial charge is 0.209 e. The minimum atomic E-state index is 0.674. The van der Waals surface area contributed by atoms with Crippen LogP contribution in [0.1, 0.15) is 19.2 Å². The van der Waals surface area contributed by atoms with E-state index in [9.17, 15) is 0 Å². The predicted molar refractivity (Wildman–Crippen MR) is 82.5 cm³/mol. The molecule has 110 valence electrons. The van der Waals surface area contributed by atoms with Crippen molar-refractivity contribution < 1.29 is 4.42 Å². The average molecular weight is 276 g/mol. The van der Waals surface area contributed by atoms with E-state index in [1.165, 1.54) is 0 Å². The molecule has 0 unspecified atom stereocenters. The Morgan fingerprint density at radius 2 is 2.05 bits per heavy atom. The molecule has 5 nitrogen and oxygen atoms in total. The molecule has 2 aromatic rings. The molecular formula is C15H24N4O. The average Bonchev–Trinajstić information content (AvgIpc) is 2.81. The Morgan fingerprint density at radius 3 is 2.70 bits per heavy atom. The fourth-order valence-electron chi connectivity index (χ4n) is 2.23. The van der Waals surface area contributed by atoms with Gasteiger partial charge in [-0.15, -0.1) is 0 Å². The van der Waals surface area contributed by atoms with Crippen molar-refractivity contribution in [1.82, 2.24) is 14.8 Å². The molecule has 0 aliphatic rings. The van der Waals surface area contributed by atoms with Crippen LogP contribution in [0.5, 0.6) is 0 Å². The molecule has 0 aliphatic carbocycles. The molecule has 0 saturated carbocycles. The topological polar surface area (TPSA) is 58.5 Å². The van der Waals surface area contributed by atoms with E-state index in [1.54, 1.807) is 0 Å². The molecule has 1 aromatic heterocycles. The SMILES string of the molecule is CCN(CCCN(C)C)Cc1nc2c(N)cccc2o1. The molecule has 2 N–H and O–H groups in total. The van der Waals surface area contributed by atoms with Gasteiger partial charge in [0.1, 0.15) is 5.52 Å². The lowest BCUT2D eigenvalue weighted by molar-refractivity contribution is 0.238. The van der Waals surface area contributed by atoms with Crippen molar-refractivity contribution in [3.05, 3.63) is 24.1 Å². The highest BCUT2D eigenvalue weighted by molar-refractivity contribution is 5.85. The lowest BCUT2D eigenvalue weighted by atomic mass is 10.3. The molecule has 0 spiro atoms. The summed E-state index contributed by atoms with van der Waals surface area (Å²) in [6.45, 7) is 6.02. The van der Waals surface area contributed by atoms with Gasteiger partial charge in [-0.05, 0) is 52.3 Å². The van der Waals surface area contributed by atoms with Gasteiger partial charge >= 0.3 is 0 Å². The second-order valence-electron chi connectivity index (χ2n) is 5.33. The van der Waals surface area contributed by atoms with Crippen molar-refractivity contribution in [3.8, 4) is 0 Å². The predicted octanol–water partition coefficient (Wildman–Crippen LogP) is 2.18. The fraction of sp³-hybridized carbons (Fsp3) is 0.533. The summed E-state index contributed by atoms with van der Waals surface area (Å²) in [4.78, 5) is 9.04. The van der Waals surface area contributed by atoms with Crippen molar-refractivity contribution in [2.75, 3.05) is 39.5 Å². The van der Waals surface area contributed by atoms with Gasteiger partial charge in [-0.1, -0.05) is 13.0 Å². The summed E-state index contributed by atoms with van der Waals surface area (Å²) < 4.78 is 5.77. The van der Waals surface area contributed by atoms with E-state index in [2.05, 4.69) is 35.8 Å². The van der Waals surface area contributed by atoms with Gasteiger partial charge in [-0.2, -0.15) is 0 Å². The maximum Gasteiger partial charge on any atom is 0.209 e. The first kappa shape index (κ1) is 14.8. The molecule has 1 aromatic carbocycles. The second kappa shape index (κ2) is 6.72. The number of oxazole rings is 1. The minimum Gasteiger partial charge on any atom is -0.439 e. The van der Waals surface area contributed by atoms with Crippen molar-refractivity contribution >= 4 is 16.8 Å². The second-order valence-corrected chi connectivity index (χ2v) is 5.33. The molecule has 5 heteroatoms. The van der Waals surface area contributed by atoms with Crippen LogP contribution < -0.4 is 5.73 Å². The summed E-state index contributed by atoms with van der Waals surface area (Å²) in [5, 5.41) is 0. The molecule has 0 bridgehead atoms. The van der Waals surface area contributed by atoms with Crippen LogP contribution in [0.3, 0.4) is 0 Å². The first-order chi connectivity index (χ1) is 9.60. The first-order valence-corrected chi connectivity index (χ1v) is 7.11. The summed E-state index contributed by atoms with van der Waals surface area (Å²) in [6.07, 6.45) is 1.14. The summed E-state index contributed by atoms with van der Waals surface area (Å²) >= 11 is 0. The van der Waals surface area contributed by atoms with Gasteiger partial charge in [0.05, 0.1) is 12.2 Å². The number of anilines is 1. The lowest BCUT2D eigenvalue weighted by Gasteiger charge is -2.19. The molecule has 0 fully saturated rings. The largest absolute Gasteiger partial charge is 0.439 e. The number of benzene rings is 1. The lowest BCUT2D eigenvalue weighted by Crippen LogP contribution is -2.27. The van der Waals surface area contributed by atoms with Crippen LogP contribution in [0.25, 0.3) is 11.1 Å². The normalized spacial score (nSPS) is 11.8. The van der Waals surface area contributed by atoms with Crippen LogP contribution in [0, 0.1) is 0 Å². The Bertz CT molecular complexity index is 550. The van der Waals surface area contributed by atoms with Crippen LogP contribution in [-0.2, 0) is 6.54 Å². The Labute approximate surface area is 120 Å². The third-order valence-corrected chi connectivity index (χ3v) is 3.38. The van der Waals surface area contributed by atoms with Gasteiger partial charge in [0.2, 0.25) is 5.89 Å². The van der Waals surface area contributed by atoms with Crippen LogP contribution in [-0.4, -0.2) is 48.5 Å². The zero-order chi connectivity index (χ0) is 14.5. The Morgan fingerprint density at radius 1 is 1.25 bits per heavy atom. The summed E-state index contributed by atoms with van der Waals surface area (Å²) in [5.74, 6) is 0.740. The third-order valence-electron chi connectivity index (χ3n) is 3.38. The molecular weight excluding hydrogens is 252 g/mol. The summed E-state index contributed by atoms with van der Waals surface area (Å²) in [7, 11) is 4.19. The Kier molecular flexibility index (Phi) is 4.98. The Balaban J connectivity index is 2.00. The Hall–Kier alpha value is -1.59. The molecule has 0 aliphatic heterocycles. The van der Waals surface area contributed by atoms with E-state index in [0.29, 0.717) is 5.69 Å². The standard InChI is InChI=1S/C15H24N4O/c1-4-19(10-6-9-18(2)3)11-14-17-15-12(16)7-5-8-13(15)20-14/h5,7-8H,4,6,9-11,16H2,1-3H3. The number of hydrogen-bond donors (Lipinski definition) is 1. The molecule has 2 rings (SSSR count). The van der Waals surface area contributed by atoms with Gasteiger partial charge in [0, 0.05) is 0 Å². The van der Waals surface area contributed by atoms with E-state index in [4.69, 9.17) is 10.2 Å². The quantitative estimate of drug-likeness (QED) is 0.786. The maximum absolute atomic E-state index is 5.90. The number of rotatable bonds is 7. The zero-order valence-electron chi connectivity index (χ0n) is 12.6. The highest BCUT2D eigenvalue weighted by atomic mass is 16.3. The fourth-order valence-corrected chi connectivity index (χ4v) is 2.23. The van der Waals surface area contributed by atoms with Crippen LogP contribution in [0.4, 0.5) is 5.69 Å². The highest BCUT2D eigenvalue weighted by Crippen LogP contribution is 2.21. The molecule has 0 radical (unpaired) electrons. The van der Waals surface area contributed by atoms with Gasteiger partial charge in [-0.3, -0.25) is 4.90 Å². The molecule has 20 heavy (non-hydrogen) atoms. The number of nitrogen functional groups attached to an aromatic ring is 1. The van der Waals surface area contributed by atoms with Crippen molar-refractivity contribution in [1.29, 1.82) is 0 Å².